The number of halogens is 2. The van der Waals surface area contributed by atoms with Gasteiger partial charge in [-0.2, -0.15) is 0 Å². The first-order chi connectivity index (χ1) is 14.8. The molecular weight excluding hydrogens is 441 g/mol. The van der Waals surface area contributed by atoms with Crippen LogP contribution in [-0.2, 0) is 0 Å². The van der Waals surface area contributed by atoms with Crippen molar-refractivity contribution in [3.63, 3.8) is 0 Å². The number of nitrogen functional groups attached to an aromatic ring is 1. The number of nitrogens with one attached hydrogen (secondary N) is 4. The van der Waals surface area contributed by atoms with Crippen LogP contribution in [0, 0.1) is 16.2 Å². The van der Waals surface area contributed by atoms with Gasteiger partial charge in [0.25, 0.3) is 5.91 Å². The van der Waals surface area contributed by atoms with E-state index < -0.39 is 5.91 Å². The minimum atomic E-state index is -0.439. The molecule has 0 spiro atoms. The molecule has 1 saturated heterocycles. The van der Waals surface area contributed by atoms with E-state index >= 15 is 0 Å². The molecule has 1 amide bonds. The molecule has 2 aromatic carbocycles. The Morgan fingerprint density at radius 2 is 1.90 bits per heavy atom. The lowest BCUT2D eigenvalue weighted by Gasteiger charge is -2.21. The van der Waals surface area contributed by atoms with Gasteiger partial charge < -0.3 is 21.1 Å². The van der Waals surface area contributed by atoms with Crippen LogP contribution < -0.4 is 20.9 Å². The Morgan fingerprint density at radius 3 is 2.48 bits per heavy atom. The first-order valence-electron chi connectivity index (χ1n) is 9.27. The number of amidine groups is 1. The topological polar surface area (TPSA) is 153 Å². The summed E-state index contributed by atoms with van der Waals surface area (Å²) in [5, 5.41) is 35.7. The number of carbonyl (C=O) groups is 1. The smallest absolute Gasteiger partial charge is 0.254 e. The van der Waals surface area contributed by atoms with Crippen molar-refractivity contribution in [2.45, 2.75) is 12.5 Å². The average Bonchev–Trinajstić information content (AvgIpc) is 3.16. The van der Waals surface area contributed by atoms with Crippen molar-refractivity contribution in [2.75, 3.05) is 22.9 Å². The number of carbonyl (C=O) groups excluding carboxylic acids is 1. The van der Waals surface area contributed by atoms with E-state index in [-0.39, 0.29) is 38.8 Å². The highest BCUT2D eigenvalue weighted by atomic mass is 35.5. The van der Waals surface area contributed by atoms with Crippen LogP contribution in [0.5, 0.6) is 5.75 Å². The first kappa shape index (κ1) is 22.4. The van der Waals surface area contributed by atoms with Crippen molar-refractivity contribution >= 4 is 59.0 Å². The predicted molar refractivity (Wildman–Crippen MR) is 124 cm³/mol. The van der Waals surface area contributed by atoms with Crippen LogP contribution in [0.2, 0.25) is 10.0 Å². The third kappa shape index (κ3) is 4.57. The predicted octanol–water partition coefficient (Wildman–Crippen LogP) is 3.01. The number of hydrogen-bond acceptors (Lipinski definition) is 6. The normalized spacial score (nSPS) is 15.4. The Bertz CT molecular complexity index is 1030. The molecule has 31 heavy (non-hydrogen) atoms. The summed E-state index contributed by atoms with van der Waals surface area (Å²) in [5.74, 6) is -0.724. The zero-order chi connectivity index (χ0) is 22.7. The molecule has 9 nitrogen and oxygen atoms in total. The lowest BCUT2D eigenvalue weighted by molar-refractivity contribution is 0.0940. The second-order valence-electron chi connectivity index (χ2n) is 6.94. The molecule has 2 aromatic rings. The lowest BCUT2D eigenvalue weighted by Crippen LogP contribution is -2.37. The number of phenolic OH excluding ortho intramolecular Hbond substituents is 1. The van der Waals surface area contributed by atoms with E-state index in [0.717, 1.165) is 12.7 Å². The number of aromatic hydroxyl groups is 1. The monoisotopic (exact) mass is 461 g/mol. The molecule has 1 aliphatic heterocycles. The standard InChI is InChI=1S/C20H21Cl2N7O2/c21-14-6-12(29(9-23)10-24)7-15(22)17(14)20(31)27-11-4-5-28(8-11)16-3-1-2-13(18(16)30)19(25)26/h1-3,6-7,9-11,23-24,30H,4-5,8H2,(H3,25,26)(H,27,31). The molecule has 3 rings (SSSR count). The maximum atomic E-state index is 12.8. The summed E-state index contributed by atoms with van der Waals surface area (Å²) in [6.07, 6.45) is 2.49. The van der Waals surface area contributed by atoms with Crippen molar-refractivity contribution in [3.8, 4) is 5.75 Å². The molecule has 0 radical (unpaired) electrons. The van der Waals surface area contributed by atoms with E-state index in [1.165, 1.54) is 17.0 Å². The number of nitrogens with zero attached hydrogens (tertiary/aromatic N) is 2. The quantitative estimate of drug-likeness (QED) is 0.276. The Morgan fingerprint density at radius 1 is 1.26 bits per heavy atom. The molecule has 0 aliphatic carbocycles. The lowest BCUT2D eigenvalue weighted by atomic mass is 10.1. The second-order valence-corrected chi connectivity index (χ2v) is 7.76. The van der Waals surface area contributed by atoms with Crippen LogP contribution in [-0.4, -0.2) is 48.7 Å². The molecule has 1 atom stereocenters. The number of rotatable bonds is 7. The van der Waals surface area contributed by atoms with Crippen molar-refractivity contribution < 1.29 is 9.90 Å². The molecule has 11 heteroatoms. The molecular formula is C20H21Cl2N7O2. The number of phenols is 1. The van der Waals surface area contributed by atoms with E-state index in [2.05, 4.69) is 5.32 Å². The molecule has 7 N–H and O–H groups in total. The molecule has 1 fully saturated rings. The van der Waals surface area contributed by atoms with Gasteiger partial charge in [0.1, 0.15) is 11.6 Å². The number of para-hydroxylation sites is 1. The Hall–Kier alpha value is -3.30. The van der Waals surface area contributed by atoms with Crippen LogP contribution >= 0.6 is 23.2 Å². The van der Waals surface area contributed by atoms with E-state index in [0.29, 0.717) is 30.9 Å². The van der Waals surface area contributed by atoms with Gasteiger partial charge in [-0.25, -0.2) is 0 Å². The molecule has 0 bridgehead atoms. The van der Waals surface area contributed by atoms with Gasteiger partial charge in [0, 0.05) is 19.1 Å². The SMILES string of the molecule is N=CN(C=N)c1cc(Cl)c(C(=O)NC2CCN(c3cccc(C(=N)N)c3O)C2)c(Cl)c1. The van der Waals surface area contributed by atoms with Crippen LogP contribution in [0.4, 0.5) is 11.4 Å². The summed E-state index contributed by atoms with van der Waals surface area (Å²) in [4.78, 5) is 15.9. The van der Waals surface area contributed by atoms with Gasteiger partial charge in [0.2, 0.25) is 0 Å². The third-order valence-electron chi connectivity index (χ3n) is 5.00. The highest BCUT2D eigenvalue weighted by Gasteiger charge is 2.28. The summed E-state index contributed by atoms with van der Waals surface area (Å²) in [7, 11) is 0. The Labute approximate surface area is 188 Å². The Kier molecular flexibility index (Phi) is 6.67. The number of nitrogens with two attached hydrogens (primary N) is 1. The molecule has 0 aromatic heterocycles. The fourth-order valence-electron chi connectivity index (χ4n) is 3.47. The summed E-state index contributed by atoms with van der Waals surface area (Å²) >= 11 is 12.5. The second kappa shape index (κ2) is 9.23. The van der Waals surface area contributed by atoms with Crippen molar-refractivity contribution in [1.82, 2.24) is 5.32 Å². The number of hydrogen-bond donors (Lipinski definition) is 6. The van der Waals surface area contributed by atoms with Gasteiger partial charge in [-0.15, -0.1) is 0 Å². The minimum Gasteiger partial charge on any atom is -0.505 e. The summed E-state index contributed by atoms with van der Waals surface area (Å²) in [5.41, 5.74) is 6.82. The molecule has 162 valence electrons. The van der Waals surface area contributed by atoms with Crippen LogP contribution in [0.15, 0.2) is 30.3 Å². The number of benzene rings is 2. The average molecular weight is 462 g/mol. The summed E-state index contributed by atoms with van der Waals surface area (Å²) < 4.78 is 0. The fourth-order valence-corrected chi connectivity index (χ4v) is 4.12. The van der Waals surface area contributed by atoms with Crippen LogP contribution in [0.3, 0.4) is 0 Å². The summed E-state index contributed by atoms with van der Waals surface area (Å²) in [6, 6.07) is 7.73. The maximum Gasteiger partial charge on any atom is 0.254 e. The fraction of sp³-hybridized carbons (Fsp3) is 0.200. The number of anilines is 2. The molecule has 1 unspecified atom stereocenters. The molecule has 1 aliphatic rings. The van der Waals surface area contributed by atoms with E-state index in [1.807, 2.05) is 4.90 Å². The van der Waals surface area contributed by atoms with Gasteiger partial charge in [-0.3, -0.25) is 25.9 Å². The molecule has 1 heterocycles. The zero-order valence-electron chi connectivity index (χ0n) is 16.3. The van der Waals surface area contributed by atoms with E-state index in [1.54, 1.807) is 18.2 Å². The first-order valence-corrected chi connectivity index (χ1v) is 10.0. The van der Waals surface area contributed by atoms with Gasteiger partial charge in [-0.05, 0) is 30.7 Å². The van der Waals surface area contributed by atoms with Gasteiger partial charge in [0.05, 0.1) is 45.2 Å². The summed E-state index contributed by atoms with van der Waals surface area (Å²) in [6.45, 7) is 1.04. The van der Waals surface area contributed by atoms with E-state index in [9.17, 15) is 9.90 Å². The largest absolute Gasteiger partial charge is 0.505 e. The van der Waals surface area contributed by atoms with Gasteiger partial charge in [0.15, 0.2) is 0 Å². The third-order valence-corrected chi connectivity index (χ3v) is 5.60. The highest BCUT2D eigenvalue weighted by molar-refractivity contribution is 6.40. The van der Waals surface area contributed by atoms with Crippen molar-refractivity contribution in [2.24, 2.45) is 5.73 Å². The van der Waals surface area contributed by atoms with Gasteiger partial charge in [-0.1, -0.05) is 29.3 Å². The maximum absolute atomic E-state index is 12.8. The van der Waals surface area contributed by atoms with Crippen molar-refractivity contribution in [1.29, 1.82) is 16.2 Å². The van der Waals surface area contributed by atoms with Crippen LogP contribution in [0.1, 0.15) is 22.3 Å². The van der Waals surface area contributed by atoms with Crippen molar-refractivity contribution in [3.05, 3.63) is 51.5 Å². The highest BCUT2D eigenvalue weighted by Crippen LogP contribution is 2.34. The minimum absolute atomic E-state index is 0.0643. The van der Waals surface area contributed by atoms with E-state index in [4.69, 9.17) is 45.2 Å². The van der Waals surface area contributed by atoms with Crippen LogP contribution in [0.25, 0.3) is 0 Å². The molecule has 0 saturated carbocycles. The van der Waals surface area contributed by atoms with Gasteiger partial charge >= 0.3 is 0 Å². The number of amides is 1. The zero-order valence-corrected chi connectivity index (χ0v) is 17.8. The Balaban J connectivity index is 1.74.